The van der Waals surface area contributed by atoms with Gasteiger partial charge in [-0.05, 0) is 35.0 Å². The number of nitrogens with one attached hydrogen (secondary N) is 1. The molecule has 2 aromatic carbocycles. The molecule has 1 amide bonds. The molecule has 0 spiro atoms. The first-order valence-corrected chi connectivity index (χ1v) is 6.89. The highest BCUT2D eigenvalue weighted by molar-refractivity contribution is 5.95. The summed E-state index contributed by atoms with van der Waals surface area (Å²) in [5, 5.41) is 14.0. The van der Waals surface area contributed by atoms with E-state index < -0.39 is 6.04 Å². The molecule has 0 saturated heterocycles. The van der Waals surface area contributed by atoms with Gasteiger partial charge in [-0.25, -0.2) is 4.68 Å². The lowest BCUT2D eigenvalue weighted by Gasteiger charge is -2.16. The van der Waals surface area contributed by atoms with Crippen LogP contribution in [0.1, 0.15) is 17.2 Å². The molecule has 0 radical (unpaired) electrons. The van der Waals surface area contributed by atoms with Crippen molar-refractivity contribution in [3.8, 4) is 0 Å². The third-order valence-electron chi connectivity index (χ3n) is 3.31. The second-order valence-electron chi connectivity index (χ2n) is 4.96. The number of benzene rings is 2. The summed E-state index contributed by atoms with van der Waals surface area (Å²) in [6, 6.07) is 16.4. The van der Waals surface area contributed by atoms with E-state index in [1.54, 1.807) is 0 Å². The van der Waals surface area contributed by atoms with E-state index in [1.807, 2.05) is 61.5 Å². The van der Waals surface area contributed by atoms with Crippen molar-refractivity contribution in [3.05, 3.63) is 72.1 Å². The monoisotopic (exact) mass is 293 g/mol. The lowest BCUT2D eigenvalue weighted by Crippen LogP contribution is -2.27. The molecule has 3 aromatic rings. The largest absolute Gasteiger partial charge is 0.324 e. The first-order valence-electron chi connectivity index (χ1n) is 6.89. The van der Waals surface area contributed by atoms with Gasteiger partial charge < -0.3 is 5.32 Å². The highest BCUT2D eigenvalue weighted by Crippen LogP contribution is 2.19. The summed E-state index contributed by atoms with van der Waals surface area (Å²) >= 11 is 0. The van der Waals surface area contributed by atoms with Crippen molar-refractivity contribution in [2.75, 3.05) is 5.32 Å². The number of anilines is 1. The summed E-state index contributed by atoms with van der Waals surface area (Å²) in [6.07, 6.45) is 1.44. The average Bonchev–Trinajstić information content (AvgIpc) is 3.05. The lowest BCUT2D eigenvalue weighted by atomic mass is 10.1. The molecule has 1 N–H and O–H groups in total. The van der Waals surface area contributed by atoms with Crippen LogP contribution in [0.2, 0.25) is 0 Å². The minimum absolute atomic E-state index is 0.192. The molecule has 22 heavy (non-hydrogen) atoms. The molecule has 0 fully saturated rings. The summed E-state index contributed by atoms with van der Waals surface area (Å²) in [4.78, 5) is 12.7. The highest BCUT2D eigenvalue weighted by Gasteiger charge is 2.23. The van der Waals surface area contributed by atoms with Gasteiger partial charge in [0.15, 0.2) is 6.04 Å². The second kappa shape index (κ2) is 6.17. The van der Waals surface area contributed by atoms with Crippen LogP contribution in [0.5, 0.6) is 0 Å². The van der Waals surface area contributed by atoms with Gasteiger partial charge in [0.2, 0.25) is 0 Å². The first-order chi connectivity index (χ1) is 10.7. The fourth-order valence-corrected chi connectivity index (χ4v) is 2.19. The van der Waals surface area contributed by atoms with Gasteiger partial charge in [-0.2, -0.15) is 0 Å². The Bertz CT molecular complexity index is 738. The molecule has 110 valence electrons. The molecule has 0 aliphatic rings. The first kappa shape index (κ1) is 13.9. The van der Waals surface area contributed by atoms with Crippen molar-refractivity contribution < 1.29 is 4.79 Å². The Hall–Kier alpha value is -3.02. The quantitative estimate of drug-likeness (QED) is 0.800. The molecular formula is C16H15N5O. The number of amides is 1. The Morgan fingerprint density at radius 2 is 1.82 bits per heavy atom. The Balaban J connectivity index is 1.89. The molecule has 0 bridgehead atoms. The van der Waals surface area contributed by atoms with Gasteiger partial charge in [0.1, 0.15) is 6.33 Å². The third kappa shape index (κ3) is 3.01. The molecule has 0 unspecified atom stereocenters. The summed E-state index contributed by atoms with van der Waals surface area (Å²) in [6.45, 7) is 2.00. The van der Waals surface area contributed by atoms with E-state index >= 15 is 0 Å². The van der Waals surface area contributed by atoms with Crippen LogP contribution in [0.4, 0.5) is 5.69 Å². The maximum absolute atomic E-state index is 12.7. The van der Waals surface area contributed by atoms with Crippen molar-refractivity contribution in [3.63, 3.8) is 0 Å². The van der Waals surface area contributed by atoms with E-state index in [2.05, 4.69) is 20.8 Å². The fraction of sp³-hybridized carbons (Fsp3) is 0.125. The number of nitrogens with zero attached hydrogens (tertiary/aromatic N) is 4. The zero-order chi connectivity index (χ0) is 15.4. The summed E-state index contributed by atoms with van der Waals surface area (Å²) < 4.78 is 1.44. The van der Waals surface area contributed by atoms with Crippen molar-refractivity contribution in [1.82, 2.24) is 20.2 Å². The zero-order valence-electron chi connectivity index (χ0n) is 12.0. The fourth-order valence-electron chi connectivity index (χ4n) is 2.19. The van der Waals surface area contributed by atoms with Gasteiger partial charge in [-0.1, -0.05) is 48.0 Å². The standard InChI is InChI=1S/C16H15N5O/c1-12-7-9-14(10-8-12)18-16(22)15(21-11-17-19-20-21)13-5-3-2-4-6-13/h2-11,15H,1H3,(H,18,22)/t15-/m1/s1. The molecule has 3 rings (SSSR count). The van der Waals surface area contributed by atoms with Crippen LogP contribution in [-0.2, 0) is 4.79 Å². The number of tetrazole rings is 1. The summed E-state index contributed by atoms with van der Waals surface area (Å²) in [5.41, 5.74) is 2.70. The van der Waals surface area contributed by atoms with E-state index in [1.165, 1.54) is 11.0 Å². The van der Waals surface area contributed by atoms with E-state index in [-0.39, 0.29) is 5.91 Å². The molecular weight excluding hydrogens is 278 g/mol. The number of aryl methyl sites for hydroxylation is 1. The van der Waals surface area contributed by atoms with Gasteiger partial charge in [0, 0.05) is 5.69 Å². The molecule has 0 aliphatic heterocycles. The van der Waals surface area contributed by atoms with Crippen molar-refractivity contribution >= 4 is 11.6 Å². The van der Waals surface area contributed by atoms with Crippen molar-refractivity contribution in [2.45, 2.75) is 13.0 Å². The van der Waals surface area contributed by atoms with E-state index in [0.717, 1.165) is 16.8 Å². The minimum atomic E-state index is -0.613. The van der Waals surface area contributed by atoms with Crippen LogP contribution < -0.4 is 5.32 Å². The van der Waals surface area contributed by atoms with E-state index in [0.29, 0.717) is 0 Å². The maximum Gasteiger partial charge on any atom is 0.253 e. The molecule has 6 nitrogen and oxygen atoms in total. The number of hydrogen-bond donors (Lipinski definition) is 1. The van der Waals surface area contributed by atoms with Gasteiger partial charge in [-0.3, -0.25) is 4.79 Å². The SMILES string of the molecule is Cc1ccc(NC(=O)[C@@H](c2ccccc2)n2cnnn2)cc1. The molecule has 6 heteroatoms. The Kier molecular flexibility index (Phi) is 3.91. The molecule has 0 aliphatic carbocycles. The van der Waals surface area contributed by atoms with Crippen LogP contribution in [0.3, 0.4) is 0 Å². The number of carbonyl (C=O) groups is 1. The maximum atomic E-state index is 12.7. The summed E-state index contributed by atoms with van der Waals surface area (Å²) in [7, 11) is 0. The molecule has 0 saturated carbocycles. The van der Waals surface area contributed by atoms with Crippen LogP contribution in [-0.4, -0.2) is 26.1 Å². The van der Waals surface area contributed by atoms with Crippen LogP contribution in [0.25, 0.3) is 0 Å². The average molecular weight is 293 g/mol. The van der Waals surface area contributed by atoms with Crippen LogP contribution in [0.15, 0.2) is 60.9 Å². The van der Waals surface area contributed by atoms with Gasteiger partial charge in [0.05, 0.1) is 0 Å². The number of aromatic nitrogens is 4. The highest BCUT2D eigenvalue weighted by atomic mass is 16.2. The minimum Gasteiger partial charge on any atom is -0.324 e. The Morgan fingerprint density at radius 1 is 1.09 bits per heavy atom. The smallest absolute Gasteiger partial charge is 0.253 e. The van der Waals surface area contributed by atoms with Gasteiger partial charge >= 0.3 is 0 Å². The third-order valence-corrected chi connectivity index (χ3v) is 3.31. The van der Waals surface area contributed by atoms with Gasteiger partial charge in [0.25, 0.3) is 5.91 Å². The second-order valence-corrected chi connectivity index (χ2v) is 4.96. The van der Waals surface area contributed by atoms with Crippen molar-refractivity contribution in [2.24, 2.45) is 0 Å². The number of rotatable bonds is 4. The van der Waals surface area contributed by atoms with Crippen LogP contribution >= 0.6 is 0 Å². The van der Waals surface area contributed by atoms with Crippen molar-refractivity contribution in [1.29, 1.82) is 0 Å². The van der Waals surface area contributed by atoms with E-state index in [9.17, 15) is 4.79 Å². The molecule has 1 aromatic heterocycles. The van der Waals surface area contributed by atoms with Gasteiger partial charge in [-0.15, -0.1) is 5.10 Å². The number of carbonyl (C=O) groups excluding carboxylic acids is 1. The normalized spacial score (nSPS) is 11.9. The Morgan fingerprint density at radius 3 is 2.45 bits per heavy atom. The van der Waals surface area contributed by atoms with E-state index in [4.69, 9.17) is 0 Å². The topological polar surface area (TPSA) is 72.7 Å². The zero-order valence-corrected chi connectivity index (χ0v) is 12.0. The van der Waals surface area contributed by atoms with Crippen LogP contribution in [0, 0.1) is 6.92 Å². The lowest BCUT2D eigenvalue weighted by molar-refractivity contribution is -0.118. The Labute approximate surface area is 127 Å². The summed E-state index contributed by atoms with van der Waals surface area (Å²) in [5.74, 6) is -0.192. The molecule has 1 heterocycles. The predicted molar refractivity (Wildman–Crippen MR) is 82.2 cm³/mol. The number of hydrogen-bond acceptors (Lipinski definition) is 4. The molecule has 1 atom stereocenters. The predicted octanol–water partition coefficient (Wildman–Crippen LogP) is 2.21.